The first-order chi connectivity index (χ1) is 13.7. The van der Waals surface area contributed by atoms with E-state index < -0.39 is 0 Å². The Bertz CT molecular complexity index is 1040. The monoisotopic (exact) mass is 393 g/mol. The molecule has 0 spiro atoms. The molecule has 5 rings (SSSR count). The van der Waals surface area contributed by atoms with Gasteiger partial charge in [0.15, 0.2) is 5.69 Å². The van der Waals surface area contributed by atoms with Gasteiger partial charge in [-0.2, -0.15) is 5.10 Å². The van der Waals surface area contributed by atoms with Crippen LogP contribution in [0.3, 0.4) is 0 Å². The summed E-state index contributed by atoms with van der Waals surface area (Å²) in [6.45, 7) is 2.91. The molecule has 3 aromatic rings. The standard InChI is InChI=1S/C20H19N5O2S/c26-19(23-6-5-14-3-1-2-4-15(14)10-23)17-9-16-11-24(7-8-25(16)22-17)20(27)18-12-28-13-21-18/h1-4,9,12-13H,5-8,10-11H2. The molecule has 2 amide bonds. The maximum atomic E-state index is 13.0. The van der Waals surface area contributed by atoms with Gasteiger partial charge in [0, 0.05) is 25.0 Å². The summed E-state index contributed by atoms with van der Waals surface area (Å²) in [7, 11) is 0. The minimum Gasteiger partial charge on any atom is -0.333 e. The van der Waals surface area contributed by atoms with Crippen LogP contribution in [0.15, 0.2) is 41.2 Å². The van der Waals surface area contributed by atoms with E-state index in [2.05, 4.69) is 22.2 Å². The fourth-order valence-electron chi connectivity index (χ4n) is 3.86. The second kappa shape index (κ2) is 6.87. The molecule has 0 aliphatic carbocycles. The zero-order valence-electron chi connectivity index (χ0n) is 15.2. The minimum atomic E-state index is -0.0748. The van der Waals surface area contributed by atoms with Crippen molar-refractivity contribution >= 4 is 23.2 Å². The molecule has 0 fully saturated rings. The average molecular weight is 393 g/mol. The third kappa shape index (κ3) is 2.99. The van der Waals surface area contributed by atoms with Crippen molar-refractivity contribution in [2.45, 2.75) is 26.1 Å². The smallest absolute Gasteiger partial charge is 0.274 e. The van der Waals surface area contributed by atoms with Crippen LogP contribution in [0.25, 0.3) is 0 Å². The van der Waals surface area contributed by atoms with E-state index >= 15 is 0 Å². The van der Waals surface area contributed by atoms with Crippen molar-refractivity contribution in [3.8, 4) is 0 Å². The van der Waals surface area contributed by atoms with Gasteiger partial charge >= 0.3 is 0 Å². The number of amides is 2. The molecule has 0 bridgehead atoms. The average Bonchev–Trinajstić information content (AvgIpc) is 3.41. The van der Waals surface area contributed by atoms with E-state index in [1.54, 1.807) is 15.8 Å². The summed E-state index contributed by atoms with van der Waals surface area (Å²) in [5.74, 6) is -0.122. The lowest BCUT2D eigenvalue weighted by Gasteiger charge is -2.28. The van der Waals surface area contributed by atoms with E-state index in [1.165, 1.54) is 22.5 Å². The molecule has 2 aliphatic heterocycles. The predicted octanol–water partition coefficient (Wildman–Crippen LogP) is 2.19. The molecule has 0 N–H and O–H groups in total. The normalized spacial score (nSPS) is 15.9. The zero-order valence-corrected chi connectivity index (χ0v) is 16.1. The maximum Gasteiger partial charge on any atom is 0.274 e. The lowest BCUT2D eigenvalue weighted by atomic mass is 10.00. The number of hydrogen-bond acceptors (Lipinski definition) is 5. The van der Waals surface area contributed by atoms with Crippen LogP contribution in [0.5, 0.6) is 0 Å². The quantitative estimate of drug-likeness (QED) is 0.669. The molecule has 0 unspecified atom stereocenters. The van der Waals surface area contributed by atoms with Crippen LogP contribution in [-0.2, 0) is 26.1 Å². The van der Waals surface area contributed by atoms with Crippen molar-refractivity contribution in [2.75, 3.05) is 13.1 Å². The van der Waals surface area contributed by atoms with Gasteiger partial charge in [0.05, 0.1) is 24.3 Å². The first-order valence-corrected chi connectivity index (χ1v) is 10.2. The number of fused-ring (bicyclic) bond motifs is 2. The maximum absolute atomic E-state index is 13.0. The van der Waals surface area contributed by atoms with E-state index in [0.29, 0.717) is 44.1 Å². The number of benzene rings is 1. The lowest BCUT2D eigenvalue weighted by molar-refractivity contribution is 0.0695. The Morgan fingerprint density at radius 3 is 2.54 bits per heavy atom. The summed E-state index contributed by atoms with van der Waals surface area (Å²) in [6.07, 6.45) is 0.866. The number of rotatable bonds is 2. The van der Waals surface area contributed by atoms with Gasteiger partial charge in [-0.05, 0) is 23.6 Å². The van der Waals surface area contributed by atoms with Crippen LogP contribution in [0.1, 0.15) is 37.8 Å². The van der Waals surface area contributed by atoms with E-state index in [9.17, 15) is 9.59 Å². The van der Waals surface area contributed by atoms with Crippen LogP contribution < -0.4 is 0 Å². The molecule has 0 atom stereocenters. The van der Waals surface area contributed by atoms with Gasteiger partial charge in [0.1, 0.15) is 5.69 Å². The largest absolute Gasteiger partial charge is 0.333 e. The molecule has 0 saturated carbocycles. The van der Waals surface area contributed by atoms with Gasteiger partial charge in [-0.15, -0.1) is 11.3 Å². The molecule has 2 aliphatic rings. The van der Waals surface area contributed by atoms with Gasteiger partial charge in [-0.3, -0.25) is 14.3 Å². The summed E-state index contributed by atoms with van der Waals surface area (Å²) in [5, 5.41) is 6.27. The fourth-order valence-corrected chi connectivity index (χ4v) is 4.38. The van der Waals surface area contributed by atoms with Crippen molar-refractivity contribution in [3.63, 3.8) is 0 Å². The number of hydrogen-bond donors (Lipinski definition) is 0. The van der Waals surface area contributed by atoms with E-state index in [4.69, 9.17) is 0 Å². The highest BCUT2D eigenvalue weighted by Gasteiger charge is 2.28. The lowest BCUT2D eigenvalue weighted by Crippen LogP contribution is -2.38. The van der Waals surface area contributed by atoms with Crippen LogP contribution in [0.4, 0.5) is 0 Å². The van der Waals surface area contributed by atoms with Crippen molar-refractivity contribution in [1.29, 1.82) is 0 Å². The second-order valence-corrected chi connectivity index (χ2v) is 7.81. The topological polar surface area (TPSA) is 71.3 Å². The third-order valence-electron chi connectivity index (χ3n) is 5.37. The number of aromatic nitrogens is 3. The Hall–Kier alpha value is -3.00. The molecule has 2 aromatic heterocycles. The second-order valence-electron chi connectivity index (χ2n) is 7.09. The highest BCUT2D eigenvalue weighted by Crippen LogP contribution is 2.22. The first-order valence-electron chi connectivity index (χ1n) is 9.29. The fraction of sp³-hybridized carbons (Fsp3) is 0.300. The Labute approximate surface area is 166 Å². The minimum absolute atomic E-state index is 0.0474. The third-order valence-corrected chi connectivity index (χ3v) is 5.96. The zero-order chi connectivity index (χ0) is 19.1. The molecule has 4 heterocycles. The van der Waals surface area contributed by atoms with Gasteiger partial charge in [-0.25, -0.2) is 4.98 Å². The van der Waals surface area contributed by atoms with Crippen molar-refractivity contribution in [1.82, 2.24) is 24.6 Å². The van der Waals surface area contributed by atoms with E-state index in [-0.39, 0.29) is 11.8 Å². The van der Waals surface area contributed by atoms with Crippen LogP contribution >= 0.6 is 11.3 Å². The Morgan fingerprint density at radius 1 is 0.929 bits per heavy atom. The summed E-state index contributed by atoms with van der Waals surface area (Å²) in [5.41, 5.74) is 5.99. The number of nitrogens with zero attached hydrogens (tertiary/aromatic N) is 5. The highest BCUT2D eigenvalue weighted by atomic mass is 32.1. The van der Waals surface area contributed by atoms with E-state index in [1.807, 2.05) is 27.8 Å². The molecular formula is C20H19N5O2S. The molecule has 0 saturated heterocycles. The van der Waals surface area contributed by atoms with Crippen molar-refractivity contribution in [3.05, 3.63) is 69.4 Å². The Morgan fingerprint density at radius 2 is 1.71 bits per heavy atom. The van der Waals surface area contributed by atoms with Crippen molar-refractivity contribution in [2.24, 2.45) is 0 Å². The number of carbonyl (C=O) groups excluding carboxylic acids is 2. The van der Waals surface area contributed by atoms with Gasteiger partial charge in [0.2, 0.25) is 0 Å². The Kier molecular flexibility index (Phi) is 4.20. The highest BCUT2D eigenvalue weighted by molar-refractivity contribution is 7.07. The summed E-state index contributed by atoms with van der Waals surface area (Å²) in [6, 6.07) is 10.1. The molecule has 1 aromatic carbocycles. The summed E-state index contributed by atoms with van der Waals surface area (Å²) in [4.78, 5) is 33.3. The van der Waals surface area contributed by atoms with Crippen LogP contribution in [0, 0.1) is 0 Å². The molecule has 28 heavy (non-hydrogen) atoms. The van der Waals surface area contributed by atoms with E-state index in [0.717, 1.165) is 12.1 Å². The van der Waals surface area contributed by atoms with Crippen LogP contribution in [0.2, 0.25) is 0 Å². The number of thiazole rings is 1. The molecule has 8 heteroatoms. The van der Waals surface area contributed by atoms with Crippen molar-refractivity contribution < 1.29 is 9.59 Å². The predicted molar refractivity (Wildman–Crippen MR) is 104 cm³/mol. The summed E-state index contributed by atoms with van der Waals surface area (Å²) >= 11 is 1.41. The Balaban J connectivity index is 1.32. The SMILES string of the molecule is O=C(c1cscn1)N1CCn2nc(C(=O)N3CCc4ccccc4C3)cc2C1. The van der Waals surface area contributed by atoms with Gasteiger partial charge in [-0.1, -0.05) is 24.3 Å². The van der Waals surface area contributed by atoms with Gasteiger partial charge in [0.25, 0.3) is 11.8 Å². The van der Waals surface area contributed by atoms with Crippen LogP contribution in [-0.4, -0.2) is 49.5 Å². The number of carbonyl (C=O) groups is 2. The molecular weight excluding hydrogens is 374 g/mol. The molecule has 7 nitrogen and oxygen atoms in total. The first kappa shape index (κ1) is 17.1. The molecule has 0 radical (unpaired) electrons. The summed E-state index contributed by atoms with van der Waals surface area (Å²) < 4.78 is 1.84. The van der Waals surface area contributed by atoms with Gasteiger partial charge < -0.3 is 9.80 Å². The molecule has 142 valence electrons.